The Hall–Kier alpha value is -0.0500. The van der Waals surface area contributed by atoms with Gasteiger partial charge in [-0.3, -0.25) is 0 Å². The lowest BCUT2D eigenvalue weighted by molar-refractivity contribution is -0.00384. The number of hydrogen-bond donors (Lipinski definition) is 1. The minimum atomic E-state index is 0.610. The molecule has 1 unspecified atom stereocenters. The lowest BCUT2D eigenvalue weighted by Gasteiger charge is -2.56. The summed E-state index contributed by atoms with van der Waals surface area (Å²) in [6.07, 6.45) is 4.22. The highest BCUT2D eigenvalue weighted by molar-refractivity contribution is 7.10. The summed E-state index contributed by atoms with van der Waals surface area (Å²) in [5.41, 5.74) is 0.619. The van der Waals surface area contributed by atoms with E-state index in [1.54, 1.807) is 11.3 Å². The van der Waals surface area contributed by atoms with Gasteiger partial charge in [-0.15, -0.1) is 11.3 Å². The smallest absolute Gasteiger partial charge is 0.0516 e. The molecule has 70 valence electrons. The number of nitrogens with one attached hydrogen (secondary N) is 1. The first-order valence-corrected chi connectivity index (χ1v) is 6.03. The van der Waals surface area contributed by atoms with E-state index < -0.39 is 0 Å². The molecule has 3 heteroatoms. The summed E-state index contributed by atoms with van der Waals surface area (Å²) in [5, 5.41) is 6.44. The molecule has 1 saturated heterocycles. The van der Waals surface area contributed by atoms with E-state index in [4.69, 9.17) is 11.6 Å². The highest BCUT2D eigenvalue weighted by atomic mass is 35.5. The van der Waals surface area contributed by atoms with Crippen LogP contribution in [-0.2, 0) is 0 Å². The summed E-state index contributed by atoms with van der Waals surface area (Å²) in [5.74, 6) is 0. The van der Waals surface area contributed by atoms with E-state index in [9.17, 15) is 0 Å². The SMILES string of the molecule is Clc1csc(C2NCC23CCC3)c1. The minimum absolute atomic E-state index is 0.610. The molecule has 1 aromatic rings. The van der Waals surface area contributed by atoms with E-state index in [-0.39, 0.29) is 0 Å². The normalized spacial score (nSPS) is 29.8. The van der Waals surface area contributed by atoms with Gasteiger partial charge in [0.2, 0.25) is 0 Å². The molecule has 3 rings (SSSR count). The second-order valence-corrected chi connectivity index (χ2v) is 5.58. The van der Waals surface area contributed by atoms with Crippen LogP contribution in [0.1, 0.15) is 30.2 Å². The van der Waals surface area contributed by atoms with Crippen LogP contribution in [0.25, 0.3) is 0 Å². The first-order valence-electron chi connectivity index (χ1n) is 4.78. The van der Waals surface area contributed by atoms with Gasteiger partial charge in [0, 0.05) is 28.3 Å². The molecular weight excluding hydrogens is 202 g/mol. The molecule has 1 atom stereocenters. The highest BCUT2D eigenvalue weighted by Gasteiger charge is 2.51. The van der Waals surface area contributed by atoms with Crippen molar-refractivity contribution in [2.45, 2.75) is 25.3 Å². The molecule has 2 heterocycles. The zero-order chi connectivity index (χ0) is 8.89. The van der Waals surface area contributed by atoms with Crippen molar-refractivity contribution in [2.75, 3.05) is 6.54 Å². The molecule has 13 heavy (non-hydrogen) atoms. The Balaban J connectivity index is 1.86. The topological polar surface area (TPSA) is 12.0 Å². The second-order valence-electron chi connectivity index (χ2n) is 4.20. The van der Waals surface area contributed by atoms with Crippen LogP contribution < -0.4 is 5.32 Å². The zero-order valence-corrected chi connectivity index (χ0v) is 8.92. The van der Waals surface area contributed by atoms with Crippen molar-refractivity contribution in [1.29, 1.82) is 0 Å². The molecule has 2 fully saturated rings. The van der Waals surface area contributed by atoms with Gasteiger partial charge in [-0.2, -0.15) is 0 Å². The molecule has 1 saturated carbocycles. The summed E-state index contributed by atoms with van der Waals surface area (Å²) >= 11 is 7.71. The highest BCUT2D eigenvalue weighted by Crippen LogP contribution is 2.56. The Morgan fingerprint density at radius 2 is 2.38 bits per heavy atom. The number of thiophene rings is 1. The second kappa shape index (κ2) is 2.72. The standard InChI is InChI=1S/C10H12ClNS/c11-7-4-8(13-5-7)9-10(6-12-9)2-1-3-10/h4-5,9,12H,1-3,6H2. The summed E-state index contributed by atoms with van der Waals surface area (Å²) in [4.78, 5) is 1.43. The lowest BCUT2D eigenvalue weighted by atomic mass is 9.59. The van der Waals surface area contributed by atoms with E-state index in [2.05, 4.69) is 11.4 Å². The van der Waals surface area contributed by atoms with Gasteiger partial charge in [0.25, 0.3) is 0 Å². The van der Waals surface area contributed by atoms with Crippen LogP contribution in [0.4, 0.5) is 0 Å². The molecule has 0 amide bonds. The van der Waals surface area contributed by atoms with Crippen LogP contribution in [-0.4, -0.2) is 6.54 Å². The van der Waals surface area contributed by atoms with Gasteiger partial charge in [-0.1, -0.05) is 18.0 Å². The van der Waals surface area contributed by atoms with Gasteiger partial charge in [-0.05, 0) is 18.9 Å². The molecule has 1 spiro atoms. The number of rotatable bonds is 1. The van der Waals surface area contributed by atoms with Gasteiger partial charge in [0.15, 0.2) is 0 Å². The predicted octanol–water partition coefficient (Wildman–Crippen LogP) is 3.22. The van der Waals surface area contributed by atoms with Crippen molar-refractivity contribution in [2.24, 2.45) is 5.41 Å². The van der Waals surface area contributed by atoms with Gasteiger partial charge in [0.05, 0.1) is 5.02 Å². The maximum atomic E-state index is 5.92. The van der Waals surface area contributed by atoms with Crippen molar-refractivity contribution >= 4 is 22.9 Å². The molecule has 0 radical (unpaired) electrons. The van der Waals surface area contributed by atoms with E-state index in [1.165, 1.54) is 30.7 Å². The van der Waals surface area contributed by atoms with Crippen molar-refractivity contribution in [3.8, 4) is 0 Å². The average molecular weight is 214 g/mol. The number of halogens is 1. The maximum Gasteiger partial charge on any atom is 0.0516 e. The van der Waals surface area contributed by atoms with Crippen LogP contribution in [0.3, 0.4) is 0 Å². The van der Waals surface area contributed by atoms with Crippen LogP contribution in [0.15, 0.2) is 11.4 Å². The molecule has 1 N–H and O–H groups in total. The first-order chi connectivity index (χ1) is 6.30. The zero-order valence-electron chi connectivity index (χ0n) is 7.35. The Labute approximate surface area is 87.1 Å². The quantitative estimate of drug-likeness (QED) is 0.756. The monoisotopic (exact) mass is 213 g/mol. The van der Waals surface area contributed by atoms with E-state index in [0.29, 0.717) is 11.5 Å². The van der Waals surface area contributed by atoms with Crippen LogP contribution in [0.5, 0.6) is 0 Å². The third-order valence-corrected chi connectivity index (χ3v) is 4.84. The summed E-state index contributed by atoms with van der Waals surface area (Å²) in [7, 11) is 0. The summed E-state index contributed by atoms with van der Waals surface area (Å²) in [6.45, 7) is 1.22. The first kappa shape index (κ1) is 8.27. The largest absolute Gasteiger partial charge is 0.308 e. The van der Waals surface area contributed by atoms with E-state index in [0.717, 1.165) is 5.02 Å². The summed E-state index contributed by atoms with van der Waals surface area (Å²) < 4.78 is 0. The molecule has 1 aliphatic heterocycles. The average Bonchev–Trinajstić information content (AvgIpc) is 2.30. The third-order valence-electron chi connectivity index (χ3n) is 3.49. The fraction of sp³-hybridized carbons (Fsp3) is 0.600. The van der Waals surface area contributed by atoms with Crippen molar-refractivity contribution < 1.29 is 0 Å². The Bertz CT molecular complexity index is 324. The fourth-order valence-corrected chi connectivity index (χ4v) is 3.77. The van der Waals surface area contributed by atoms with Gasteiger partial charge in [0.1, 0.15) is 0 Å². The third kappa shape index (κ3) is 1.09. The molecule has 0 aromatic carbocycles. The minimum Gasteiger partial charge on any atom is -0.308 e. The van der Waals surface area contributed by atoms with Crippen molar-refractivity contribution in [3.63, 3.8) is 0 Å². The van der Waals surface area contributed by atoms with Gasteiger partial charge in [-0.25, -0.2) is 0 Å². The molecule has 0 bridgehead atoms. The number of hydrogen-bond acceptors (Lipinski definition) is 2. The predicted molar refractivity (Wildman–Crippen MR) is 56.4 cm³/mol. The Morgan fingerprint density at radius 1 is 1.54 bits per heavy atom. The summed E-state index contributed by atoms with van der Waals surface area (Å²) in [6, 6.07) is 2.72. The molecule has 2 aliphatic rings. The van der Waals surface area contributed by atoms with Gasteiger partial charge < -0.3 is 5.32 Å². The molecule has 1 nitrogen and oxygen atoms in total. The molecule has 1 aliphatic carbocycles. The fourth-order valence-electron chi connectivity index (χ4n) is 2.47. The Morgan fingerprint density at radius 3 is 2.77 bits per heavy atom. The van der Waals surface area contributed by atoms with Crippen LogP contribution >= 0.6 is 22.9 Å². The van der Waals surface area contributed by atoms with Crippen LogP contribution in [0, 0.1) is 5.41 Å². The van der Waals surface area contributed by atoms with Crippen molar-refractivity contribution in [1.82, 2.24) is 5.32 Å². The maximum absolute atomic E-state index is 5.92. The van der Waals surface area contributed by atoms with E-state index in [1.807, 2.05) is 5.38 Å². The lowest BCUT2D eigenvalue weighted by Crippen LogP contribution is -2.59. The van der Waals surface area contributed by atoms with Crippen LogP contribution in [0.2, 0.25) is 5.02 Å². The van der Waals surface area contributed by atoms with Gasteiger partial charge >= 0.3 is 0 Å². The van der Waals surface area contributed by atoms with Crippen molar-refractivity contribution in [3.05, 3.63) is 21.3 Å². The molecule has 1 aromatic heterocycles. The van der Waals surface area contributed by atoms with E-state index >= 15 is 0 Å². The Kier molecular flexibility index (Phi) is 1.73. The molecular formula is C10H12ClNS.